The first-order chi connectivity index (χ1) is 10.3. The average Bonchev–Trinajstić information content (AvgIpc) is 2.91. The SMILES string of the molecule is CC(C)(C)OC(=O)N(c1cccc([N+](=O)[O-])c1)C1CCCC1. The van der Waals surface area contributed by atoms with Crippen molar-refractivity contribution in [3.63, 3.8) is 0 Å². The minimum Gasteiger partial charge on any atom is -0.443 e. The first-order valence-corrected chi connectivity index (χ1v) is 7.54. The van der Waals surface area contributed by atoms with E-state index in [9.17, 15) is 14.9 Å². The number of carbonyl (C=O) groups excluding carboxylic acids is 1. The molecule has 1 saturated carbocycles. The van der Waals surface area contributed by atoms with Crippen LogP contribution in [0, 0.1) is 10.1 Å². The highest BCUT2D eigenvalue weighted by Gasteiger charge is 2.32. The Morgan fingerprint density at radius 1 is 1.32 bits per heavy atom. The van der Waals surface area contributed by atoms with Crippen LogP contribution in [0.25, 0.3) is 0 Å². The fraction of sp³-hybridized carbons (Fsp3) is 0.562. The standard InChI is InChI=1S/C16H22N2O4/c1-16(2,3)22-15(19)17(12-7-4-5-8-12)13-9-6-10-14(11-13)18(20)21/h6,9-12H,4-5,7-8H2,1-3H3. The van der Waals surface area contributed by atoms with Gasteiger partial charge in [0.15, 0.2) is 0 Å². The number of benzene rings is 1. The number of non-ortho nitro benzene ring substituents is 1. The Hall–Kier alpha value is -2.11. The third-order valence-corrected chi connectivity index (χ3v) is 3.60. The lowest BCUT2D eigenvalue weighted by atomic mass is 10.1. The summed E-state index contributed by atoms with van der Waals surface area (Å²) in [5, 5.41) is 11.0. The first kappa shape index (κ1) is 16.3. The van der Waals surface area contributed by atoms with E-state index in [1.54, 1.807) is 17.0 Å². The summed E-state index contributed by atoms with van der Waals surface area (Å²) in [4.78, 5) is 24.6. The number of hydrogen-bond donors (Lipinski definition) is 0. The molecule has 1 aromatic carbocycles. The number of rotatable bonds is 3. The minimum atomic E-state index is -0.603. The molecule has 0 bridgehead atoms. The molecule has 2 rings (SSSR count). The second-order valence-corrected chi connectivity index (χ2v) is 6.57. The molecule has 1 aliphatic rings. The van der Waals surface area contributed by atoms with Gasteiger partial charge in [0.05, 0.1) is 10.6 Å². The molecule has 0 aliphatic heterocycles. The number of anilines is 1. The number of hydrogen-bond acceptors (Lipinski definition) is 4. The van der Waals surface area contributed by atoms with Crippen molar-refractivity contribution in [2.75, 3.05) is 4.90 Å². The van der Waals surface area contributed by atoms with E-state index in [1.807, 2.05) is 20.8 Å². The molecule has 0 radical (unpaired) electrons. The molecule has 22 heavy (non-hydrogen) atoms. The van der Waals surface area contributed by atoms with Crippen molar-refractivity contribution in [1.82, 2.24) is 0 Å². The van der Waals surface area contributed by atoms with E-state index < -0.39 is 16.6 Å². The zero-order valence-electron chi connectivity index (χ0n) is 13.2. The molecule has 6 heteroatoms. The third kappa shape index (κ3) is 3.96. The molecule has 6 nitrogen and oxygen atoms in total. The lowest BCUT2D eigenvalue weighted by Crippen LogP contribution is -2.42. The summed E-state index contributed by atoms with van der Waals surface area (Å²) in [5.74, 6) is 0. The van der Waals surface area contributed by atoms with Gasteiger partial charge in [-0.3, -0.25) is 15.0 Å². The van der Waals surface area contributed by atoms with Crippen LogP contribution in [0.5, 0.6) is 0 Å². The summed E-state index contributed by atoms with van der Waals surface area (Å²) in [6.07, 6.45) is 3.45. The largest absolute Gasteiger partial charge is 0.443 e. The highest BCUT2D eigenvalue weighted by atomic mass is 16.6. The third-order valence-electron chi connectivity index (χ3n) is 3.60. The number of ether oxygens (including phenoxy) is 1. The molecular formula is C16H22N2O4. The van der Waals surface area contributed by atoms with Crippen LogP contribution in [0.2, 0.25) is 0 Å². The van der Waals surface area contributed by atoms with Crippen LogP contribution in [-0.4, -0.2) is 22.7 Å². The predicted octanol–water partition coefficient (Wildman–Crippen LogP) is 4.28. The molecule has 0 aromatic heterocycles. The van der Waals surface area contributed by atoms with Crippen LogP contribution in [0.3, 0.4) is 0 Å². The Kier molecular flexibility index (Phi) is 4.68. The van der Waals surface area contributed by atoms with E-state index in [4.69, 9.17) is 4.74 Å². The van der Waals surface area contributed by atoms with Gasteiger partial charge in [-0.1, -0.05) is 18.9 Å². The van der Waals surface area contributed by atoms with Gasteiger partial charge in [-0.25, -0.2) is 4.79 Å². The molecule has 0 N–H and O–H groups in total. The second-order valence-electron chi connectivity index (χ2n) is 6.57. The molecule has 120 valence electrons. The molecule has 0 unspecified atom stereocenters. The summed E-state index contributed by atoms with van der Waals surface area (Å²) < 4.78 is 5.48. The monoisotopic (exact) mass is 306 g/mol. The lowest BCUT2D eigenvalue weighted by molar-refractivity contribution is -0.384. The highest BCUT2D eigenvalue weighted by molar-refractivity contribution is 5.89. The maximum atomic E-state index is 12.6. The van der Waals surface area contributed by atoms with Gasteiger partial charge in [0.2, 0.25) is 0 Å². The Balaban J connectivity index is 2.33. The topological polar surface area (TPSA) is 72.7 Å². The summed E-state index contributed by atoms with van der Waals surface area (Å²) in [7, 11) is 0. The maximum absolute atomic E-state index is 12.6. The normalized spacial score (nSPS) is 15.6. The van der Waals surface area contributed by atoms with Gasteiger partial charge in [0.1, 0.15) is 5.60 Å². The summed E-state index contributed by atoms with van der Waals surface area (Å²) >= 11 is 0. The Morgan fingerprint density at radius 3 is 2.50 bits per heavy atom. The molecule has 0 spiro atoms. The fourth-order valence-corrected chi connectivity index (χ4v) is 2.70. The van der Waals surface area contributed by atoms with Crippen LogP contribution in [-0.2, 0) is 4.74 Å². The van der Waals surface area contributed by atoms with Crippen LogP contribution in [0.15, 0.2) is 24.3 Å². The Bertz CT molecular complexity index is 560. The molecular weight excluding hydrogens is 284 g/mol. The molecule has 1 fully saturated rings. The summed E-state index contributed by atoms with van der Waals surface area (Å²) in [6.45, 7) is 5.43. The Labute approximate surface area is 130 Å². The van der Waals surface area contributed by atoms with Crippen molar-refractivity contribution in [3.05, 3.63) is 34.4 Å². The van der Waals surface area contributed by atoms with Crippen LogP contribution in [0.1, 0.15) is 46.5 Å². The fourth-order valence-electron chi connectivity index (χ4n) is 2.70. The first-order valence-electron chi connectivity index (χ1n) is 7.54. The van der Waals surface area contributed by atoms with E-state index in [1.165, 1.54) is 12.1 Å². The number of carbonyl (C=O) groups is 1. The lowest BCUT2D eigenvalue weighted by Gasteiger charge is -2.31. The minimum absolute atomic E-state index is 0.0240. The van der Waals surface area contributed by atoms with Crippen LogP contribution in [0.4, 0.5) is 16.2 Å². The van der Waals surface area contributed by atoms with Gasteiger partial charge in [-0.05, 0) is 39.7 Å². The van der Waals surface area contributed by atoms with Crippen LogP contribution >= 0.6 is 0 Å². The summed E-state index contributed by atoms with van der Waals surface area (Å²) in [5.41, 5.74) is -0.103. The smallest absolute Gasteiger partial charge is 0.415 e. The van der Waals surface area contributed by atoms with Gasteiger partial charge < -0.3 is 4.74 Å². The quantitative estimate of drug-likeness (QED) is 0.617. The van der Waals surface area contributed by atoms with Gasteiger partial charge >= 0.3 is 6.09 Å². The summed E-state index contributed by atoms with van der Waals surface area (Å²) in [6, 6.07) is 6.21. The molecule has 0 atom stereocenters. The predicted molar refractivity (Wildman–Crippen MR) is 84.1 cm³/mol. The van der Waals surface area contributed by atoms with E-state index in [-0.39, 0.29) is 11.7 Å². The van der Waals surface area contributed by atoms with Crippen molar-refractivity contribution in [2.24, 2.45) is 0 Å². The zero-order chi connectivity index (χ0) is 16.3. The van der Waals surface area contributed by atoms with E-state index in [0.29, 0.717) is 5.69 Å². The molecule has 0 heterocycles. The van der Waals surface area contributed by atoms with E-state index in [2.05, 4.69) is 0 Å². The van der Waals surface area contributed by atoms with Gasteiger partial charge in [0, 0.05) is 18.2 Å². The van der Waals surface area contributed by atoms with Crippen molar-refractivity contribution >= 4 is 17.5 Å². The van der Waals surface area contributed by atoms with Gasteiger partial charge in [-0.2, -0.15) is 0 Å². The van der Waals surface area contributed by atoms with Gasteiger partial charge in [0.25, 0.3) is 5.69 Å². The van der Waals surface area contributed by atoms with E-state index in [0.717, 1.165) is 25.7 Å². The Morgan fingerprint density at radius 2 is 1.95 bits per heavy atom. The maximum Gasteiger partial charge on any atom is 0.415 e. The number of nitro benzene ring substituents is 1. The highest BCUT2D eigenvalue weighted by Crippen LogP contribution is 2.31. The van der Waals surface area contributed by atoms with Crippen LogP contribution < -0.4 is 4.90 Å². The number of nitro groups is 1. The number of amides is 1. The van der Waals surface area contributed by atoms with Crippen molar-refractivity contribution in [1.29, 1.82) is 0 Å². The molecule has 0 saturated heterocycles. The van der Waals surface area contributed by atoms with Crippen molar-refractivity contribution < 1.29 is 14.5 Å². The molecule has 1 aromatic rings. The van der Waals surface area contributed by atoms with Crippen molar-refractivity contribution in [2.45, 2.75) is 58.1 Å². The average molecular weight is 306 g/mol. The number of nitrogens with zero attached hydrogens (tertiary/aromatic N) is 2. The molecule has 1 aliphatic carbocycles. The van der Waals surface area contributed by atoms with Gasteiger partial charge in [-0.15, -0.1) is 0 Å². The second kappa shape index (κ2) is 6.34. The van der Waals surface area contributed by atoms with E-state index >= 15 is 0 Å². The zero-order valence-corrected chi connectivity index (χ0v) is 13.2. The molecule has 1 amide bonds. The van der Waals surface area contributed by atoms with Crippen molar-refractivity contribution in [3.8, 4) is 0 Å².